The molecule has 0 saturated heterocycles. The van der Waals surface area contributed by atoms with Crippen LogP contribution in [-0.4, -0.2) is 27.5 Å². The molecule has 0 aliphatic rings. The molecule has 3 aromatic rings. The van der Waals surface area contributed by atoms with Gasteiger partial charge in [0, 0.05) is 6.54 Å². The molecule has 0 spiro atoms. The van der Waals surface area contributed by atoms with Crippen molar-refractivity contribution in [2.45, 2.75) is 23.2 Å². The summed E-state index contributed by atoms with van der Waals surface area (Å²) < 4.78 is 34.1. The second-order valence-electron chi connectivity index (χ2n) is 6.49. The van der Waals surface area contributed by atoms with Crippen molar-refractivity contribution >= 4 is 43.2 Å². The number of hydrogen-bond acceptors (Lipinski definition) is 5. The zero-order valence-corrected chi connectivity index (χ0v) is 19.4. The molecular weight excluding hydrogens is 488 g/mol. The van der Waals surface area contributed by atoms with Crippen molar-refractivity contribution < 1.29 is 17.9 Å². The van der Waals surface area contributed by atoms with E-state index in [0.717, 1.165) is 28.2 Å². The Bertz CT molecular complexity index is 1080. The van der Waals surface area contributed by atoms with Crippen LogP contribution in [0.3, 0.4) is 0 Å². The van der Waals surface area contributed by atoms with Gasteiger partial charge >= 0.3 is 0 Å². The molecule has 0 aliphatic carbocycles. The number of benzene rings is 2. The highest BCUT2D eigenvalue weighted by molar-refractivity contribution is 9.11. The summed E-state index contributed by atoms with van der Waals surface area (Å²) in [5, 5.41) is 2.82. The predicted octanol–water partition coefficient (Wildman–Crippen LogP) is 3.73. The van der Waals surface area contributed by atoms with Gasteiger partial charge in [-0.3, -0.25) is 4.79 Å². The molecule has 1 heterocycles. The van der Waals surface area contributed by atoms with Gasteiger partial charge in [0.05, 0.1) is 10.9 Å². The third kappa shape index (κ3) is 6.15. The number of rotatable bonds is 9. The molecule has 3 rings (SSSR count). The predicted molar refractivity (Wildman–Crippen MR) is 121 cm³/mol. The second kappa shape index (κ2) is 10.2. The van der Waals surface area contributed by atoms with Crippen molar-refractivity contribution in [1.82, 2.24) is 10.0 Å². The van der Waals surface area contributed by atoms with Gasteiger partial charge < -0.3 is 10.1 Å². The van der Waals surface area contributed by atoms with E-state index >= 15 is 0 Å². The van der Waals surface area contributed by atoms with E-state index in [1.165, 1.54) is 6.07 Å². The molecule has 1 amide bonds. The maximum absolute atomic E-state index is 12.9. The molecule has 0 bridgehead atoms. The highest BCUT2D eigenvalue weighted by atomic mass is 79.9. The molecule has 158 valence electrons. The highest BCUT2D eigenvalue weighted by Gasteiger charge is 2.27. The first kappa shape index (κ1) is 22.5. The number of sulfonamides is 1. The van der Waals surface area contributed by atoms with E-state index in [9.17, 15) is 13.2 Å². The van der Waals surface area contributed by atoms with Gasteiger partial charge in [0.1, 0.15) is 16.0 Å². The van der Waals surface area contributed by atoms with Crippen LogP contribution in [0.1, 0.15) is 11.1 Å². The molecule has 1 atom stereocenters. The average molecular weight is 509 g/mol. The van der Waals surface area contributed by atoms with E-state index in [-0.39, 0.29) is 17.2 Å². The molecule has 0 saturated carbocycles. The van der Waals surface area contributed by atoms with Crippen LogP contribution in [0.2, 0.25) is 0 Å². The smallest absolute Gasteiger partial charge is 0.250 e. The summed E-state index contributed by atoms with van der Waals surface area (Å²) in [5.41, 5.74) is 1.74. The summed E-state index contributed by atoms with van der Waals surface area (Å²) in [6, 6.07) is 18.8. The number of nitrogens with one attached hydrogen (secondary N) is 2. The first-order chi connectivity index (χ1) is 14.4. The summed E-state index contributed by atoms with van der Waals surface area (Å²) in [7, 11) is -2.25. The first-order valence-electron chi connectivity index (χ1n) is 9.09. The first-order valence-corrected chi connectivity index (χ1v) is 12.2. The van der Waals surface area contributed by atoms with Crippen LogP contribution in [0.25, 0.3) is 0 Å². The van der Waals surface area contributed by atoms with Crippen LogP contribution in [0.5, 0.6) is 5.75 Å². The van der Waals surface area contributed by atoms with E-state index in [1.807, 2.05) is 42.5 Å². The molecule has 0 unspecified atom stereocenters. The molecule has 30 heavy (non-hydrogen) atoms. The Morgan fingerprint density at radius 1 is 1.03 bits per heavy atom. The maximum Gasteiger partial charge on any atom is 0.250 e. The summed E-state index contributed by atoms with van der Waals surface area (Å²) in [5.74, 6) is 0.329. The van der Waals surface area contributed by atoms with Crippen molar-refractivity contribution in [3.05, 3.63) is 81.6 Å². The molecule has 2 N–H and O–H groups in total. The van der Waals surface area contributed by atoms with Crippen LogP contribution < -0.4 is 14.8 Å². The molecular formula is C21H21BrN2O4S2. The number of hydrogen-bond donors (Lipinski definition) is 2. The molecule has 9 heteroatoms. The van der Waals surface area contributed by atoms with Crippen LogP contribution in [0.15, 0.2) is 74.7 Å². The van der Waals surface area contributed by atoms with Crippen LogP contribution in [0, 0.1) is 0 Å². The van der Waals surface area contributed by atoms with Gasteiger partial charge in [0.2, 0.25) is 5.91 Å². The maximum atomic E-state index is 12.9. The lowest BCUT2D eigenvalue weighted by atomic mass is 10.1. The van der Waals surface area contributed by atoms with Crippen molar-refractivity contribution in [3.8, 4) is 5.75 Å². The number of amides is 1. The fourth-order valence-electron chi connectivity index (χ4n) is 2.78. The van der Waals surface area contributed by atoms with Crippen molar-refractivity contribution in [2.75, 3.05) is 7.11 Å². The minimum Gasteiger partial charge on any atom is -0.497 e. The van der Waals surface area contributed by atoms with Gasteiger partial charge in [0.25, 0.3) is 10.0 Å². The van der Waals surface area contributed by atoms with E-state index in [0.29, 0.717) is 3.79 Å². The van der Waals surface area contributed by atoms with Gasteiger partial charge in [-0.25, -0.2) is 8.42 Å². The lowest BCUT2D eigenvalue weighted by Gasteiger charge is -2.18. The number of halogens is 1. The Hall–Kier alpha value is -2.20. The fourth-order valence-corrected chi connectivity index (χ4v) is 6.00. The number of carbonyl (C=O) groups excluding carboxylic acids is 1. The Labute approximate surface area is 188 Å². The fraction of sp³-hybridized carbons (Fsp3) is 0.190. The lowest BCUT2D eigenvalue weighted by molar-refractivity contribution is -0.122. The van der Waals surface area contributed by atoms with Crippen molar-refractivity contribution in [1.29, 1.82) is 0 Å². The summed E-state index contributed by atoms with van der Waals surface area (Å²) in [6.45, 7) is 0.278. The molecule has 0 fully saturated rings. The van der Waals surface area contributed by atoms with Crippen molar-refractivity contribution in [2.24, 2.45) is 0 Å². The normalized spacial score (nSPS) is 12.3. The third-order valence-corrected chi connectivity index (χ3v) is 7.92. The van der Waals surface area contributed by atoms with Crippen LogP contribution in [-0.2, 0) is 27.8 Å². The van der Waals surface area contributed by atoms with Gasteiger partial charge in [-0.2, -0.15) is 4.72 Å². The van der Waals surface area contributed by atoms with E-state index in [2.05, 4.69) is 26.0 Å². The van der Waals surface area contributed by atoms with Crippen LogP contribution >= 0.6 is 27.3 Å². The zero-order chi connectivity index (χ0) is 21.6. The third-order valence-electron chi connectivity index (χ3n) is 4.34. The number of carbonyl (C=O) groups is 1. The van der Waals surface area contributed by atoms with Gasteiger partial charge in [-0.05, 0) is 57.7 Å². The minimum atomic E-state index is -3.83. The van der Waals surface area contributed by atoms with E-state index < -0.39 is 22.0 Å². The van der Waals surface area contributed by atoms with Gasteiger partial charge in [-0.1, -0.05) is 42.5 Å². The zero-order valence-electron chi connectivity index (χ0n) is 16.2. The summed E-state index contributed by atoms with van der Waals surface area (Å²) >= 11 is 4.36. The number of methoxy groups -OCH3 is 1. The number of thiophene rings is 1. The number of ether oxygens (including phenoxy) is 1. The van der Waals surface area contributed by atoms with E-state index in [1.54, 1.807) is 25.3 Å². The molecule has 0 aliphatic heterocycles. The Morgan fingerprint density at radius 3 is 2.33 bits per heavy atom. The average Bonchev–Trinajstić information content (AvgIpc) is 3.20. The quantitative estimate of drug-likeness (QED) is 0.461. The summed E-state index contributed by atoms with van der Waals surface area (Å²) in [6.07, 6.45) is 0.237. The molecule has 0 radical (unpaired) electrons. The standard InChI is InChI=1S/C21H21BrN2O4S2/c1-28-17-9-7-16(8-10-17)14-23-21(25)18(13-15-5-3-2-4-6-15)24-30(26,27)20-12-11-19(22)29-20/h2-12,18,24H,13-14H2,1H3,(H,23,25)/t18-/m0/s1. The van der Waals surface area contributed by atoms with Gasteiger partial charge in [-0.15, -0.1) is 11.3 Å². The molecule has 2 aromatic carbocycles. The monoisotopic (exact) mass is 508 g/mol. The Kier molecular flexibility index (Phi) is 7.65. The SMILES string of the molecule is COc1ccc(CNC(=O)[C@H](Cc2ccccc2)NS(=O)(=O)c2ccc(Br)s2)cc1. The van der Waals surface area contributed by atoms with Gasteiger partial charge in [0.15, 0.2) is 0 Å². The Morgan fingerprint density at radius 2 is 1.73 bits per heavy atom. The van der Waals surface area contributed by atoms with Crippen LogP contribution in [0.4, 0.5) is 0 Å². The summed E-state index contributed by atoms with van der Waals surface area (Å²) in [4.78, 5) is 12.9. The molecule has 1 aromatic heterocycles. The lowest BCUT2D eigenvalue weighted by Crippen LogP contribution is -2.47. The van der Waals surface area contributed by atoms with E-state index in [4.69, 9.17) is 4.74 Å². The Balaban J connectivity index is 1.74. The topological polar surface area (TPSA) is 84.5 Å². The highest BCUT2D eigenvalue weighted by Crippen LogP contribution is 2.26. The largest absolute Gasteiger partial charge is 0.497 e. The minimum absolute atomic E-state index is 0.149. The second-order valence-corrected chi connectivity index (χ2v) is 10.9. The molecule has 6 nitrogen and oxygen atoms in total. The van der Waals surface area contributed by atoms with Crippen molar-refractivity contribution in [3.63, 3.8) is 0 Å².